The smallest absolute Gasteiger partial charge is 0.310 e. The van der Waals surface area contributed by atoms with Gasteiger partial charge in [0, 0.05) is 5.57 Å². The molecule has 0 saturated heterocycles. The highest BCUT2D eigenvalue weighted by molar-refractivity contribution is 5.85. The molecule has 0 heterocycles. The van der Waals surface area contributed by atoms with Crippen molar-refractivity contribution in [2.45, 2.75) is 20.3 Å². The topological polar surface area (TPSA) is 26.3 Å². The number of allylic oxidation sites excluding steroid dienone is 1. The molecule has 0 saturated carbocycles. The average molecular weight is 222 g/mol. The van der Waals surface area contributed by atoms with E-state index in [-0.39, 0.29) is 12.2 Å². The molecular weight excluding hydrogens is 207 g/mol. The van der Waals surface area contributed by atoms with Gasteiger partial charge in [-0.15, -0.1) is 0 Å². The maximum atomic E-state index is 13.3. The standard InChI is InChI=1S/C13H15FO2/c1-3-16-13(15)9-12(10(2)14)11-7-5-4-6-8-11/h4-8H,3,9H2,1-2H3/b12-10+. The van der Waals surface area contributed by atoms with Crippen molar-refractivity contribution < 1.29 is 13.9 Å². The Balaban J connectivity index is 2.87. The fourth-order valence-corrected chi connectivity index (χ4v) is 1.42. The van der Waals surface area contributed by atoms with Crippen molar-refractivity contribution in [1.29, 1.82) is 0 Å². The van der Waals surface area contributed by atoms with Crippen LogP contribution in [-0.2, 0) is 9.53 Å². The molecular formula is C13H15FO2. The summed E-state index contributed by atoms with van der Waals surface area (Å²) < 4.78 is 18.1. The molecule has 0 spiro atoms. The number of esters is 1. The van der Waals surface area contributed by atoms with Crippen molar-refractivity contribution in [3.63, 3.8) is 0 Å². The van der Waals surface area contributed by atoms with Crippen LogP contribution in [0.4, 0.5) is 4.39 Å². The zero-order chi connectivity index (χ0) is 12.0. The van der Waals surface area contributed by atoms with Crippen molar-refractivity contribution in [1.82, 2.24) is 0 Å². The normalized spacial score (nSPS) is 11.9. The van der Waals surface area contributed by atoms with E-state index in [0.29, 0.717) is 12.2 Å². The Bertz CT molecular complexity index is 378. The molecule has 1 aromatic carbocycles. The third-order valence-corrected chi connectivity index (χ3v) is 2.16. The van der Waals surface area contributed by atoms with Crippen molar-refractivity contribution >= 4 is 11.5 Å². The third-order valence-electron chi connectivity index (χ3n) is 2.16. The second-order valence-corrected chi connectivity index (χ2v) is 3.36. The first-order valence-electron chi connectivity index (χ1n) is 5.21. The summed E-state index contributed by atoms with van der Waals surface area (Å²) in [5, 5.41) is 0. The Morgan fingerprint density at radius 2 is 1.94 bits per heavy atom. The number of ether oxygens (including phenoxy) is 1. The molecule has 0 unspecified atom stereocenters. The molecule has 0 aliphatic carbocycles. The van der Waals surface area contributed by atoms with Gasteiger partial charge >= 0.3 is 5.97 Å². The lowest BCUT2D eigenvalue weighted by Gasteiger charge is -2.07. The predicted molar refractivity (Wildman–Crippen MR) is 61.4 cm³/mol. The highest BCUT2D eigenvalue weighted by Gasteiger charge is 2.11. The van der Waals surface area contributed by atoms with Gasteiger partial charge in [0.1, 0.15) is 5.83 Å². The van der Waals surface area contributed by atoms with Gasteiger partial charge in [-0.25, -0.2) is 4.39 Å². The van der Waals surface area contributed by atoms with E-state index in [1.807, 2.05) is 18.2 Å². The molecule has 0 fully saturated rings. The molecule has 2 nitrogen and oxygen atoms in total. The maximum absolute atomic E-state index is 13.3. The van der Waals surface area contributed by atoms with Gasteiger partial charge in [0.05, 0.1) is 13.0 Å². The van der Waals surface area contributed by atoms with Crippen LogP contribution in [0.2, 0.25) is 0 Å². The zero-order valence-electron chi connectivity index (χ0n) is 9.50. The van der Waals surface area contributed by atoms with Crippen LogP contribution in [0.25, 0.3) is 5.57 Å². The van der Waals surface area contributed by atoms with Gasteiger partial charge in [0.15, 0.2) is 0 Å². The molecule has 0 aromatic heterocycles. The highest BCUT2D eigenvalue weighted by Crippen LogP contribution is 2.23. The highest BCUT2D eigenvalue weighted by atomic mass is 19.1. The molecule has 86 valence electrons. The Kier molecular flexibility index (Phi) is 4.70. The summed E-state index contributed by atoms with van der Waals surface area (Å²) in [5.74, 6) is -0.752. The van der Waals surface area contributed by atoms with E-state index >= 15 is 0 Å². The summed E-state index contributed by atoms with van der Waals surface area (Å²) in [6, 6.07) is 9.02. The fourth-order valence-electron chi connectivity index (χ4n) is 1.42. The fraction of sp³-hybridized carbons (Fsp3) is 0.308. The number of benzene rings is 1. The van der Waals surface area contributed by atoms with Crippen LogP contribution in [0.15, 0.2) is 36.2 Å². The van der Waals surface area contributed by atoms with Crippen LogP contribution in [0.1, 0.15) is 25.8 Å². The third kappa shape index (κ3) is 3.50. The van der Waals surface area contributed by atoms with Gasteiger partial charge in [-0.3, -0.25) is 4.79 Å². The van der Waals surface area contributed by atoms with E-state index in [4.69, 9.17) is 4.74 Å². The Hall–Kier alpha value is -1.64. The SMILES string of the molecule is CCOC(=O)C/C(=C(/C)F)c1ccccc1. The second-order valence-electron chi connectivity index (χ2n) is 3.36. The molecule has 1 rings (SSSR count). The molecule has 3 heteroatoms. The van der Waals surface area contributed by atoms with Gasteiger partial charge in [-0.05, 0) is 19.4 Å². The van der Waals surface area contributed by atoms with Crippen LogP contribution in [0.5, 0.6) is 0 Å². The molecule has 0 bridgehead atoms. The summed E-state index contributed by atoms with van der Waals surface area (Å²) in [7, 11) is 0. The number of carbonyl (C=O) groups excluding carboxylic acids is 1. The number of rotatable bonds is 4. The van der Waals surface area contributed by atoms with Crippen molar-refractivity contribution in [3.05, 3.63) is 41.7 Å². The average Bonchev–Trinajstić information content (AvgIpc) is 2.27. The Morgan fingerprint density at radius 3 is 2.44 bits per heavy atom. The van der Waals surface area contributed by atoms with Gasteiger partial charge in [-0.2, -0.15) is 0 Å². The van der Waals surface area contributed by atoms with Gasteiger partial charge < -0.3 is 4.74 Å². The Morgan fingerprint density at radius 1 is 1.31 bits per heavy atom. The number of hydrogen-bond acceptors (Lipinski definition) is 2. The lowest BCUT2D eigenvalue weighted by atomic mass is 10.0. The zero-order valence-corrected chi connectivity index (χ0v) is 9.50. The largest absolute Gasteiger partial charge is 0.466 e. The number of carbonyl (C=O) groups is 1. The summed E-state index contributed by atoms with van der Waals surface area (Å²) in [6.07, 6.45) is -0.0276. The summed E-state index contributed by atoms with van der Waals surface area (Å²) >= 11 is 0. The molecule has 0 amide bonds. The number of hydrogen-bond donors (Lipinski definition) is 0. The van der Waals surface area contributed by atoms with E-state index in [2.05, 4.69) is 0 Å². The number of halogens is 1. The van der Waals surface area contributed by atoms with Crippen LogP contribution in [-0.4, -0.2) is 12.6 Å². The predicted octanol–water partition coefficient (Wildman–Crippen LogP) is 3.34. The van der Waals surface area contributed by atoms with Gasteiger partial charge in [0.25, 0.3) is 0 Å². The van der Waals surface area contributed by atoms with E-state index in [1.165, 1.54) is 6.92 Å². The van der Waals surface area contributed by atoms with E-state index < -0.39 is 5.97 Å². The van der Waals surface area contributed by atoms with E-state index in [1.54, 1.807) is 19.1 Å². The van der Waals surface area contributed by atoms with Crippen molar-refractivity contribution in [2.24, 2.45) is 0 Å². The lowest BCUT2D eigenvalue weighted by molar-refractivity contribution is -0.141. The monoisotopic (exact) mass is 222 g/mol. The Labute approximate surface area is 94.7 Å². The summed E-state index contributed by atoms with van der Waals surface area (Å²) in [6.45, 7) is 3.39. The van der Waals surface area contributed by atoms with E-state index in [9.17, 15) is 9.18 Å². The first-order valence-corrected chi connectivity index (χ1v) is 5.21. The van der Waals surface area contributed by atoms with Gasteiger partial charge in [-0.1, -0.05) is 30.3 Å². The molecule has 0 aliphatic rings. The molecule has 0 radical (unpaired) electrons. The van der Waals surface area contributed by atoms with Crippen LogP contribution in [0, 0.1) is 0 Å². The summed E-state index contributed by atoms with van der Waals surface area (Å²) in [5.41, 5.74) is 1.11. The van der Waals surface area contributed by atoms with Crippen LogP contribution in [0.3, 0.4) is 0 Å². The minimum absolute atomic E-state index is 0.0276. The van der Waals surface area contributed by atoms with Crippen molar-refractivity contribution in [2.75, 3.05) is 6.61 Å². The molecule has 0 N–H and O–H groups in total. The minimum Gasteiger partial charge on any atom is -0.466 e. The summed E-state index contributed by atoms with van der Waals surface area (Å²) in [4.78, 5) is 11.3. The quantitative estimate of drug-likeness (QED) is 0.730. The van der Waals surface area contributed by atoms with Crippen molar-refractivity contribution in [3.8, 4) is 0 Å². The molecule has 16 heavy (non-hydrogen) atoms. The van der Waals surface area contributed by atoms with E-state index in [0.717, 1.165) is 5.56 Å². The molecule has 0 atom stereocenters. The van der Waals surface area contributed by atoms with Crippen LogP contribution >= 0.6 is 0 Å². The first kappa shape index (κ1) is 12.4. The van der Waals surface area contributed by atoms with Crippen LogP contribution < -0.4 is 0 Å². The second kappa shape index (κ2) is 6.05. The maximum Gasteiger partial charge on any atom is 0.310 e. The lowest BCUT2D eigenvalue weighted by Crippen LogP contribution is -2.05. The first-order chi connectivity index (χ1) is 7.65. The molecule has 0 aliphatic heterocycles. The molecule has 1 aromatic rings. The minimum atomic E-state index is -0.404. The van der Waals surface area contributed by atoms with Gasteiger partial charge in [0.2, 0.25) is 0 Å².